The molecule has 11 nitrogen and oxygen atoms in total. The van der Waals surface area contributed by atoms with Crippen LogP contribution in [0, 0.1) is 0 Å². The summed E-state index contributed by atoms with van der Waals surface area (Å²) in [4.78, 5) is 23.1. The van der Waals surface area contributed by atoms with Crippen LogP contribution in [0.5, 0.6) is 5.88 Å². The molecule has 3 aliphatic rings. The molecule has 0 radical (unpaired) electrons. The first-order valence-electron chi connectivity index (χ1n) is 10.6. The summed E-state index contributed by atoms with van der Waals surface area (Å²) in [5, 5.41) is 39.9. The van der Waals surface area contributed by atoms with Crippen LogP contribution in [0.3, 0.4) is 0 Å². The van der Waals surface area contributed by atoms with E-state index in [4.69, 9.17) is 26.0 Å². The molecule has 1 aromatic carbocycles. The summed E-state index contributed by atoms with van der Waals surface area (Å²) >= 11 is 0. The molecule has 1 aliphatic heterocycles. The molecule has 5 rings (SSSR count). The van der Waals surface area contributed by atoms with Crippen molar-refractivity contribution in [2.75, 3.05) is 5.32 Å². The van der Waals surface area contributed by atoms with Crippen LogP contribution in [-0.4, -0.2) is 60.0 Å². The number of carbonyl (C=O) groups excluding carboxylic acids is 1. The molecule has 1 atom stereocenters. The molecule has 1 amide bonds. The Morgan fingerprint density at radius 1 is 1.21 bits per heavy atom. The second-order valence-corrected chi connectivity index (χ2v) is 9.20. The largest absolute Gasteiger partial charge is 0.454 e. The van der Waals surface area contributed by atoms with Crippen molar-refractivity contribution in [3.05, 3.63) is 47.7 Å². The van der Waals surface area contributed by atoms with Crippen LogP contribution >= 0.6 is 0 Å². The van der Waals surface area contributed by atoms with Gasteiger partial charge in [-0.2, -0.15) is 0 Å². The number of pyridine rings is 1. The van der Waals surface area contributed by atoms with E-state index in [0.29, 0.717) is 24.9 Å². The molecule has 7 N–H and O–H groups in total. The zero-order valence-corrected chi connectivity index (χ0v) is 17.9. The fraction of sp³-hybridized carbons (Fsp3) is 0.409. The number of aliphatic imine (C=N–C) groups is 1. The standard InChI is InChI=1S/C22H25N5O6/c1-20(29)7-13(8-20)27-18(28)10-21(26-19(27)23)9-14-15(21)3-2-4-16(14)25-12-5-6-17(24-11-12)33-22(30,31)32/h2-6,11,13,25,29-32H,7-10H2,1H3,(H2,23,26)/t13?,20?,21-/m0/s1. The predicted octanol–water partition coefficient (Wildman–Crippen LogP) is 0.00400. The number of nitrogens with one attached hydrogen (secondary N) is 1. The monoisotopic (exact) mass is 455 g/mol. The molecule has 2 heterocycles. The lowest BCUT2D eigenvalue weighted by atomic mass is 9.67. The Labute approximate surface area is 189 Å². The number of aliphatic hydroxyl groups is 4. The molecule has 0 saturated heterocycles. The molecule has 1 spiro atoms. The van der Waals surface area contributed by atoms with Gasteiger partial charge in [0, 0.05) is 24.2 Å². The second-order valence-electron chi connectivity index (χ2n) is 9.20. The molecule has 2 aliphatic carbocycles. The van der Waals surface area contributed by atoms with Crippen molar-refractivity contribution in [2.24, 2.45) is 10.7 Å². The van der Waals surface area contributed by atoms with Gasteiger partial charge in [-0.1, -0.05) is 12.1 Å². The van der Waals surface area contributed by atoms with Gasteiger partial charge in [-0.05, 0) is 43.0 Å². The highest BCUT2D eigenvalue weighted by Crippen LogP contribution is 2.51. The van der Waals surface area contributed by atoms with E-state index < -0.39 is 17.3 Å². The average molecular weight is 455 g/mol. The Morgan fingerprint density at radius 3 is 2.58 bits per heavy atom. The van der Waals surface area contributed by atoms with E-state index >= 15 is 0 Å². The minimum Gasteiger partial charge on any atom is -0.399 e. The second kappa shape index (κ2) is 7.12. The number of guanidine groups is 1. The molecule has 11 heteroatoms. The molecular weight excluding hydrogens is 430 g/mol. The Kier molecular flexibility index (Phi) is 4.66. The summed E-state index contributed by atoms with van der Waals surface area (Å²) in [6.45, 7) is 1.75. The van der Waals surface area contributed by atoms with Crippen molar-refractivity contribution in [1.29, 1.82) is 0 Å². The highest BCUT2D eigenvalue weighted by Gasteiger charge is 2.53. The first-order valence-corrected chi connectivity index (χ1v) is 10.6. The number of carbonyl (C=O) groups is 1. The van der Waals surface area contributed by atoms with Gasteiger partial charge in [0.1, 0.15) is 5.54 Å². The van der Waals surface area contributed by atoms with Crippen LogP contribution in [0.15, 0.2) is 41.5 Å². The summed E-state index contributed by atoms with van der Waals surface area (Å²) in [6.07, 6.45) is -0.141. The topological polar surface area (TPSA) is 174 Å². The van der Waals surface area contributed by atoms with E-state index in [1.165, 1.54) is 17.2 Å². The predicted molar refractivity (Wildman–Crippen MR) is 116 cm³/mol. The van der Waals surface area contributed by atoms with Crippen LogP contribution in [0.1, 0.15) is 37.3 Å². The van der Waals surface area contributed by atoms with Gasteiger partial charge in [0.2, 0.25) is 11.8 Å². The van der Waals surface area contributed by atoms with Crippen molar-refractivity contribution in [3.63, 3.8) is 0 Å². The number of anilines is 2. The van der Waals surface area contributed by atoms with Crippen LogP contribution in [0.2, 0.25) is 0 Å². The van der Waals surface area contributed by atoms with Gasteiger partial charge in [-0.15, -0.1) is 0 Å². The van der Waals surface area contributed by atoms with Crippen LogP contribution in [0.4, 0.5) is 11.4 Å². The number of benzene rings is 1. The van der Waals surface area contributed by atoms with Crippen LogP contribution < -0.4 is 15.8 Å². The van der Waals surface area contributed by atoms with Gasteiger partial charge in [0.25, 0.3) is 0 Å². The number of rotatable bonds is 5. The Morgan fingerprint density at radius 2 is 1.97 bits per heavy atom. The van der Waals surface area contributed by atoms with Gasteiger partial charge < -0.3 is 36.2 Å². The SMILES string of the molecule is CC1(O)CC(N2C(=O)C[C@]3(Cc4c(Nc5ccc(OC(O)(O)O)nc5)cccc43)N=C2N)C1. The maximum atomic E-state index is 13.0. The average Bonchev–Trinajstić information content (AvgIpc) is 2.67. The van der Waals surface area contributed by atoms with Crippen molar-refractivity contribution in [2.45, 2.75) is 55.9 Å². The van der Waals surface area contributed by atoms with Gasteiger partial charge >= 0.3 is 6.16 Å². The van der Waals surface area contributed by atoms with Crippen molar-refractivity contribution in [1.82, 2.24) is 9.88 Å². The van der Waals surface area contributed by atoms with E-state index in [0.717, 1.165) is 16.8 Å². The molecule has 0 unspecified atom stereocenters. The van der Waals surface area contributed by atoms with Gasteiger partial charge in [-0.3, -0.25) is 9.69 Å². The van der Waals surface area contributed by atoms with Gasteiger partial charge in [0.05, 0.1) is 23.9 Å². The first kappa shape index (κ1) is 21.6. The lowest BCUT2D eigenvalue weighted by Crippen LogP contribution is -2.62. The zero-order valence-electron chi connectivity index (χ0n) is 17.9. The summed E-state index contributed by atoms with van der Waals surface area (Å²) in [5.74, 6) is -0.0565. The highest BCUT2D eigenvalue weighted by atomic mass is 16.9. The number of aromatic nitrogens is 1. The molecule has 174 valence electrons. The smallest absolute Gasteiger partial charge is 0.399 e. The quantitative estimate of drug-likeness (QED) is 0.339. The maximum absolute atomic E-state index is 13.0. The minimum absolute atomic E-state index is 0.0838. The van der Waals surface area contributed by atoms with Crippen molar-refractivity contribution < 1.29 is 30.0 Å². The van der Waals surface area contributed by atoms with E-state index in [2.05, 4.69) is 15.0 Å². The summed E-state index contributed by atoms with van der Waals surface area (Å²) < 4.78 is 4.46. The molecule has 33 heavy (non-hydrogen) atoms. The lowest BCUT2D eigenvalue weighted by Gasteiger charge is -2.51. The van der Waals surface area contributed by atoms with E-state index in [-0.39, 0.29) is 30.2 Å². The lowest BCUT2D eigenvalue weighted by molar-refractivity contribution is -0.420. The van der Waals surface area contributed by atoms with E-state index in [1.54, 1.807) is 13.0 Å². The number of nitrogens with two attached hydrogens (primary N) is 1. The maximum Gasteiger partial charge on any atom is 0.454 e. The van der Waals surface area contributed by atoms with Crippen LogP contribution in [0.25, 0.3) is 0 Å². The fourth-order valence-electron chi connectivity index (χ4n) is 4.98. The van der Waals surface area contributed by atoms with Gasteiger partial charge in [0.15, 0.2) is 5.96 Å². The molecule has 0 bridgehead atoms. The third-order valence-electron chi connectivity index (χ3n) is 6.41. The minimum atomic E-state index is -3.30. The third-order valence-corrected chi connectivity index (χ3v) is 6.41. The molecular formula is C22H25N5O6. The number of nitrogens with zero attached hydrogens (tertiary/aromatic N) is 3. The van der Waals surface area contributed by atoms with E-state index in [1.807, 2.05) is 18.2 Å². The number of hydrogen-bond donors (Lipinski definition) is 6. The van der Waals surface area contributed by atoms with Crippen LogP contribution in [-0.2, 0) is 16.8 Å². The fourth-order valence-corrected chi connectivity index (χ4v) is 4.98. The first-order chi connectivity index (χ1) is 15.4. The summed E-state index contributed by atoms with van der Waals surface area (Å²) in [7, 11) is 0. The Balaban J connectivity index is 1.34. The number of fused-ring (bicyclic) bond motifs is 2. The third kappa shape index (κ3) is 3.89. The zero-order chi connectivity index (χ0) is 23.6. The number of hydrogen-bond acceptors (Lipinski definition) is 10. The van der Waals surface area contributed by atoms with E-state index in [9.17, 15) is 9.90 Å². The summed E-state index contributed by atoms with van der Waals surface area (Å²) in [5.41, 5.74) is 8.16. The van der Waals surface area contributed by atoms with Crippen molar-refractivity contribution >= 4 is 23.2 Å². The highest BCUT2D eigenvalue weighted by molar-refractivity contribution is 6.00. The molecule has 1 fully saturated rings. The Bertz CT molecular complexity index is 1130. The normalized spacial score (nSPS) is 28.5. The molecule has 2 aromatic rings. The number of ether oxygens (including phenoxy) is 1. The van der Waals surface area contributed by atoms with Gasteiger partial charge in [-0.25, -0.2) is 9.98 Å². The molecule has 1 saturated carbocycles. The number of amides is 1. The Hall–Kier alpha value is -3.25. The summed E-state index contributed by atoms with van der Waals surface area (Å²) in [6, 6.07) is 8.57. The molecule has 1 aromatic heterocycles. The van der Waals surface area contributed by atoms with Crippen molar-refractivity contribution in [3.8, 4) is 5.88 Å².